The quantitative estimate of drug-likeness (QED) is 0.683. The average Bonchev–Trinajstić information content (AvgIpc) is 2.15. The maximum atomic E-state index is 11.6. The van der Waals surface area contributed by atoms with E-state index in [1.54, 1.807) is 0 Å². The van der Waals surface area contributed by atoms with Crippen molar-refractivity contribution in [1.82, 2.24) is 5.32 Å². The van der Waals surface area contributed by atoms with E-state index in [0.29, 0.717) is 12.5 Å². The van der Waals surface area contributed by atoms with Gasteiger partial charge in [-0.25, -0.2) is 0 Å². The summed E-state index contributed by atoms with van der Waals surface area (Å²) in [4.78, 5) is 11.6. The maximum absolute atomic E-state index is 11.6. The highest BCUT2D eigenvalue weighted by atomic mass is 16.1. The van der Waals surface area contributed by atoms with Crippen LogP contribution in [-0.4, -0.2) is 18.5 Å². The van der Waals surface area contributed by atoms with Gasteiger partial charge in [0.15, 0.2) is 0 Å². The topological polar surface area (TPSA) is 55.1 Å². The molecule has 0 heterocycles. The van der Waals surface area contributed by atoms with Gasteiger partial charge in [-0.1, -0.05) is 27.7 Å². The minimum absolute atomic E-state index is 0.0633. The molecule has 0 saturated heterocycles. The standard InChI is InChI=1S/C11H24N2O/c1-5-9(6-2)11(14)13-7-10(12)8(3)4/h8-10H,5-7,12H2,1-4H3,(H,13,14). The normalized spacial score (nSPS) is 13.4. The molecule has 0 rings (SSSR count). The first-order chi connectivity index (χ1) is 6.52. The molecule has 3 N–H and O–H groups in total. The second-order valence-electron chi connectivity index (χ2n) is 4.17. The Morgan fingerprint density at radius 1 is 1.29 bits per heavy atom. The number of nitrogens with one attached hydrogen (secondary N) is 1. The minimum atomic E-state index is 0.0633. The highest BCUT2D eigenvalue weighted by Crippen LogP contribution is 2.07. The molecule has 0 fully saturated rings. The summed E-state index contributed by atoms with van der Waals surface area (Å²) in [6.07, 6.45) is 1.80. The molecule has 14 heavy (non-hydrogen) atoms. The number of hydrogen-bond acceptors (Lipinski definition) is 2. The van der Waals surface area contributed by atoms with Gasteiger partial charge >= 0.3 is 0 Å². The molecular weight excluding hydrogens is 176 g/mol. The Labute approximate surface area is 87.4 Å². The first kappa shape index (κ1) is 13.4. The van der Waals surface area contributed by atoms with Gasteiger partial charge in [-0.2, -0.15) is 0 Å². The first-order valence-electron chi connectivity index (χ1n) is 5.56. The fraction of sp³-hybridized carbons (Fsp3) is 0.909. The van der Waals surface area contributed by atoms with Crippen molar-refractivity contribution in [3.05, 3.63) is 0 Å². The number of carbonyl (C=O) groups excluding carboxylic acids is 1. The first-order valence-corrected chi connectivity index (χ1v) is 5.56. The monoisotopic (exact) mass is 200 g/mol. The lowest BCUT2D eigenvalue weighted by atomic mass is 10.0. The molecule has 0 saturated carbocycles. The van der Waals surface area contributed by atoms with Crippen LogP contribution in [0.4, 0.5) is 0 Å². The smallest absolute Gasteiger partial charge is 0.223 e. The largest absolute Gasteiger partial charge is 0.354 e. The minimum Gasteiger partial charge on any atom is -0.354 e. The molecule has 3 heteroatoms. The van der Waals surface area contributed by atoms with Gasteiger partial charge in [-0.05, 0) is 18.8 Å². The van der Waals surface area contributed by atoms with Crippen LogP contribution in [0.5, 0.6) is 0 Å². The summed E-state index contributed by atoms with van der Waals surface area (Å²) in [5.74, 6) is 0.706. The van der Waals surface area contributed by atoms with Crippen molar-refractivity contribution in [3.63, 3.8) is 0 Å². The zero-order chi connectivity index (χ0) is 11.1. The van der Waals surface area contributed by atoms with E-state index in [1.807, 2.05) is 13.8 Å². The Morgan fingerprint density at radius 3 is 2.14 bits per heavy atom. The molecular formula is C11H24N2O. The summed E-state index contributed by atoms with van der Waals surface area (Å²) in [7, 11) is 0. The van der Waals surface area contributed by atoms with E-state index < -0.39 is 0 Å². The van der Waals surface area contributed by atoms with Gasteiger partial charge < -0.3 is 11.1 Å². The number of hydrogen-bond donors (Lipinski definition) is 2. The van der Waals surface area contributed by atoms with E-state index in [4.69, 9.17) is 5.73 Å². The summed E-state index contributed by atoms with van der Waals surface area (Å²) in [5.41, 5.74) is 5.83. The summed E-state index contributed by atoms with van der Waals surface area (Å²) >= 11 is 0. The second kappa shape index (κ2) is 6.82. The second-order valence-corrected chi connectivity index (χ2v) is 4.17. The van der Waals surface area contributed by atoms with Crippen LogP contribution in [0.2, 0.25) is 0 Å². The molecule has 1 atom stereocenters. The van der Waals surface area contributed by atoms with Crippen molar-refractivity contribution in [2.75, 3.05) is 6.54 Å². The number of amides is 1. The Balaban J connectivity index is 3.83. The van der Waals surface area contributed by atoms with Gasteiger partial charge in [0.1, 0.15) is 0 Å². The number of nitrogens with two attached hydrogens (primary N) is 1. The van der Waals surface area contributed by atoms with E-state index in [2.05, 4.69) is 19.2 Å². The lowest BCUT2D eigenvalue weighted by molar-refractivity contribution is -0.125. The van der Waals surface area contributed by atoms with Gasteiger partial charge in [0.2, 0.25) is 5.91 Å². The van der Waals surface area contributed by atoms with Crippen molar-refractivity contribution < 1.29 is 4.79 Å². The molecule has 0 radical (unpaired) electrons. The fourth-order valence-corrected chi connectivity index (χ4v) is 1.26. The lowest BCUT2D eigenvalue weighted by Crippen LogP contribution is -2.42. The van der Waals surface area contributed by atoms with Gasteiger partial charge in [0, 0.05) is 18.5 Å². The Hall–Kier alpha value is -0.570. The SMILES string of the molecule is CCC(CC)C(=O)NCC(N)C(C)C. The molecule has 84 valence electrons. The van der Waals surface area contributed by atoms with E-state index in [1.165, 1.54) is 0 Å². The van der Waals surface area contributed by atoms with Crippen LogP contribution < -0.4 is 11.1 Å². The van der Waals surface area contributed by atoms with Crippen LogP contribution in [-0.2, 0) is 4.79 Å². The summed E-state index contributed by atoms with van der Waals surface area (Å²) in [6.45, 7) is 8.79. The molecule has 0 aromatic carbocycles. The van der Waals surface area contributed by atoms with Crippen molar-refractivity contribution in [2.24, 2.45) is 17.6 Å². The van der Waals surface area contributed by atoms with E-state index in [9.17, 15) is 4.79 Å². The molecule has 0 aromatic heterocycles. The third-order valence-electron chi connectivity index (χ3n) is 2.72. The van der Waals surface area contributed by atoms with Crippen LogP contribution in [0, 0.1) is 11.8 Å². The third kappa shape index (κ3) is 4.61. The van der Waals surface area contributed by atoms with Crippen molar-refractivity contribution in [1.29, 1.82) is 0 Å². The molecule has 0 aliphatic carbocycles. The van der Waals surface area contributed by atoms with Crippen LogP contribution in [0.25, 0.3) is 0 Å². The van der Waals surface area contributed by atoms with Crippen LogP contribution in [0.3, 0.4) is 0 Å². The van der Waals surface area contributed by atoms with E-state index in [-0.39, 0.29) is 17.9 Å². The van der Waals surface area contributed by atoms with Crippen LogP contribution in [0.1, 0.15) is 40.5 Å². The van der Waals surface area contributed by atoms with Crippen LogP contribution >= 0.6 is 0 Å². The predicted molar refractivity (Wildman–Crippen MR) is 59.9 cm³/mol. The average molecular weight is 200 g/mol. The molecule has 1 amide bonds. The molecule has 1 unspecified atom stereocenters. The fourth-order valence-electron chi connectivity index (χ4n) is 1.26. The highest BCUT2D eigenvalue weighted by Gasteiger charge is 2.15. The highest BCUT2D eigenvalue weighted by molar-refractivity contribution is 5.78. The third-order valence-corrected chi connectivity index (χ3v) is 2.72. The predicted octanol–water partition coefficient (Wildman–Crippen LogP) is 1.52. The summed E-state index contributed by atoms with van der Waals surface area (Å²) in [5, 5.41) is 2.90. The molecule has 0 spiro atoms. The van der Waals surface area contributed by atoms with Crippen molar-refractivity contribution in [2.45, 2.75) is 46.6 Å². The number of carbonyl (C=O) groups is 1. The molecule has 0 aliphatic rings. The molecule has 0 aromatic rings. The Morgan fingerprint density at radius 2 is 1.79 bits per heavy atom. The lowest BCUT2D eigenvalue weighted by Gasteiger charge is -2.18. The summed E-state index contributed by atoms with van der Waals surface area (Å²) in [6, 6.07) is 0.0633. The zero-order valence-electron chi connectivity index (χ0n) is 9.84. The molecule has 0 aliphatic heterocycles. The van der Waals surface area contributed by atoms with E-state index in [0.717, 1.165) is 12.8 Å². The molecule has 0 bridgehead atoms. The summed E-state index contributed by atoms with van der Waals surface area (Å²) < 4.78 is 0. The van der Waals surface area contributed by atoms with E-state index >= 15 is 0 Å². The number of rotatable bonds is 6. The van der Waals surface area contributed by atoms with Crippen molar-refractivity contribution in [3.8, 4) is 0 Å². The van der Waals surface area contributed by atoms with Gasteiger partial charge in [0.05, 0.1) is 0 Å². The zero-order valence-corrected chi connectivity index (χ0v) is 9.84. The van der Waals surface area contributed by atoms with Gasteiger partial charge in [-0.3, -0.25) is 4.79 Å². The van der Waals surface area contributed by atoms with Gasteiger partial charge in [0.25, 0.3) is 0 Å². The van der Waals surface area contributed by atoms with Crippen molar-refractivity contribution >= 4 is 5.91 Å². The molecule has 3 nitrogen and oxygen atoms in total. The van der Waals surface area contributed by atoms with Gasteiger partial charge in [-0.15, -0.1) is 0 Å². The maximum Gasteiger partial charge on any atom is 0.223 e. The Bertz CT molecular complexity index is 165. The van der Waals surface area contributed by atoms with Crippen LogP contribution in [0.15, 0.2) is 0 Å². The Kier molecular flexibility index (Phi) is 6.54.